The maximum absolute atomic E-state index is 8.95. The molecule has 0 bridgehead atoms. The molecule has 0 aromatic carbocycles. The number of carbonyl (C=O) groups excluding carboxylic acids is 1. The van der Waals surface area contributed by atoms with E-state index in [1.807, 2.05) is 0 Å². The Hall–Kier alpha value is 0.0934. The van der Waals surface area contributed by atoms with Gasteiger partial charge in [0, 0.05) is 19.5 Å². The van der Waals surface area contributed by atoms with E-state index in [0.29, 0.717) is 6.47 Å². The maximum atomic E-state index is 8.95. The Bertz CT molecular complexity index is 21.6. The van der Waals surface area contributed by atoms with E-state index in [2.05, 4.69) is 4.74 Å². The Morgan fingerprint density at radius 2 is 2.00 bits per heavy atom. The van der Waals surface area contributed by atoms with E-state index < -0.39 is 0 Å². The van der Waals surface area contributed by atoms with Gasteiger partial charge in [-0.3, -0.25) is 4.79 Å². The molecule has 2 nitrogen and oxygen atoms in total. The van der Waals surface area contributed by atoms with E-state index in [-0.39, 0.29) is 19.5 Å². The van der Waals surface area contributed by atoms with Crippen molar-refractivity contribution in [3.05, 3.63) is 0 Å². The molecule has 0 fully saturated rings. The summed E-state index contributed by atoms with van der Waals surface area (Å²) in [6.45, 7) is 0.375. The van der Waals surface area contributed by atoms with Gasteiger partial charge in [-0.15, -0.1) is 0 Å². The molecule has 0 aromatic heterocycles. The van der Waals surface area contributed by atoms with Crippen molar-refractivity contribution in [2.45, 2.75) is 0 Å². The summed E-state index contributed by atoms with van der Waals surface area (Å²) in [5, 5.41) is 0. The first-order valence-electron chi connectivity index (χ1n) is 0.880. The van der Waals surface area contributed by atoms with Crippen LogP contribution in [0.15, 0.2) is 0 Å². The minimum Gasteiger partial charge on any atom is -0.471 e. The number of ether oxygens (including phenoxy) is 1. The van der Waals surface area contributed by atoms with Gasteiger partial charge in [0.15, 0.2) is 0 Å². The van der Waals surface area contributed by atoms with Crippen molar-refractivity contribution in [2.24, 2.45) is 0 Å². The molecule has 0 aromatic rings. The first kappa shape index (κ1) is 8.92. The van der Waals surface area contributed by atoms with E-state index in [1.54, 1.807) is 0 Å². The molecule has 0 aliphatic carbocycles. The topological polar surface area (TPSA) is 26.3 Å². The molecule has 5 heavy (non-hydrogen) atoms. The molecule has 0 unspecified atom stereocenters. The first-order chi connectivity index (χ1) is 1.91. The molecule has 0 saturated carbocycles. The number of carbonyl (C=O) groups is 1. The summed E-state index contributed by atoms with van der Waals surface area (Å²) in [6.07, 6.45) is 0. The van der Waals surface area contributed by atoms with Crippen LogP contribution in [-0.4, -0.2) is 13.6 Å². The standard InChI is InChI=1S/C2H4O2.Zn/c1-4-2-3;/h2H,1H3;. The van der Waals surface area contributed by atoms with Crippen LogP contribution >= 0.6 is 0 Å². The van der Waals surface area contributed by atoms with Crippen LogP contribution in [0.4, 0.5) is 0 Å². The zero-order chi connectivity index (χ0) is 3.41. The van der Waals surface area contributed by atoms with Crippen molar-refractivity contribution >= 4 is 6.47 Å². The van der Waals surface area contributed by atoms with E-state index in [0.717, 1.165) is 0 Å². The van der Waals surface area contributed by atoms with Crippen LogP contribution in [0.5, 0.6) is 0 Å². The molecule has 0 aliphatic heterocycles. The molecule has 0 radical (unpaired) electrons. The Morgan fingerprint density at radius 1 is 1.80 bits per heavy atom. The van der Waals surface area contributed by atoms with Crippen molar-refractivity contribution < 1.29 is 29.0 Å². The fourth-order valence-electron chi connectivity index (χ4n) is 0. The number of hydrogen-bond acceptors (Lipinski definition) is 2. The van der Waals surface area contributed by atoms with Gasteiger partial charge in [-0.25, -0.2) is 0 Å². The van der Waals surface area contributed by atoms with Crippen LogP contribution in [0.1, 0.15) is 0 Å². The SMILES string of the molecule is COC=O.[Zn]. The summed E-state index contributed by atoms with van der Waals surface area (Å²) in [5.41, 5.74) is 0. The molecule has 0 atom stereocenters. The number of methoxy groups -OCH3 is 1. The van der Waals surface area contributed by atoms with Crippen LogP contribution in [0.25, 0.3) is 0 Å². The van der Waals surface area contributed by atoms with Gasteiger partial charge < -0.3 is 4.74 Å². The number of rotatable bonds is 1. The van der Waals surface area contributed by atoms with Crippen LogP contribution in [0.2, 0.25) is 0 Å². The van der Waals surface area contributed by atoms with E-state index in [4.69, 9.17) is 4.79 Å². The Labute approximate surface area is 43.3 Å². The van der Waals surface area contributed by atoms with Crippen molar-refractivity contribution in [3.63, 3.8) is 0 Å². The molecule has 0 heterocycles. The molecule has 0 rings (SSSR count). The smallest absolute Gasteiger partial charge is 0.292 e. The zero-order valence-electron chi connectivity index (χ0n) is 3.10. The van der Waals surface area contributed by atoms with Crippen molar-refractivity contribution in [2.75, 3.05) is 7.11 Å². The quantitative estimate of drug-likeness (QED) is 0.358. The molecule has 0 saturated heterocycles. The second kappa shape index (κ2) is 8.94. The third-order valence-electron chi connectivity index (χ3n) is 0.0962. The molecule has 3 heteroatoms. The van der Waals surface area contributed by atoms with Gasteiger partial charge in [-0.2, -0.15) is 0 Å². The van der Waals surface area contributed by atoms with Gasteiger partial charge in [-0.05, 0) is 0 Å². The first-order valence-corrected chi connectivity index (χ1v) is 0.880. The molecular formula is C2H4O2Zn. The minimum absolute atomic E-state index is 0. The van der Waals surface area contributed by atoms with Crippen LogP contribution in [-0.2, 0) is 29.0 Å². The predicted molar refractivity (Wildman–Crippen MR) is 13.1 cm³/mol. The van der Waals surface area contributed by atoms with Gasteiger partial charge in [-0.1, -0.05) is 0 Å². The summed E-state index contributed by atoms with van der Waals surface area (Å²) in [7, 11) is 1.31. The third kappa shape index (κ3) is 15.0. The summed E-state index contributed by atoms with van der Waals surface area (Å²) >= 11 is 0. The van der Waals surface area contributed by atoms with Gasteiger partial charge in [0.05, 0.1) is 7.11 Å². The normalized spacial score (nSPS) is 4.20. The van der Waals surface area contributed by atoms with E-state index in [1.165, 1.54) is 7.11 Å². The van der Waals surface area contributed by atoms with E-state index in [9.17, 15) is 0 Å². The van der Waals surface area contributed by atoms with Gasteiger partial charge in [0.2, 0.25) is 0 Å². The van der Waals surface area contributed by atoms with Crippen molar-refractivity contribution in [1.82, 2.24) is 0 Å². The molecule has 0 N–H and O–H groups in total. The fraction of sp³-hybridized carbons (Fsp3) is 0.500. The molecular weight excluding hydrogens is 121 g/mol. The van der Waals surface area contributed by atoms with Gasteiger partial charge >= 0.3 is 0 Å². The van der Waals surface area contributed by atoms with Gasteiger partial charge in [0.25, 0.3) is 6.47 Å². The molecule has 26 valence electrons. The van der Waals surface area contributed by atoms with Gasteiger partial charge in [0.1, 0.15) is 0 Å². The monoisotopic (exact) mass is 124 g/mol. The van der Waals surface area contributed by atoms with E-state index >= 15 is 0 Å². The Kier molecular flexibility index (Phi) is 15.9. The Balaban J connectivity index is 0. The average molecular weight is 125 g/mol. The van der Waals surface area contributed by atoms with Crippen molar-refractivity contribution in [3.8, 4) is 0 Å². The van der Waals surface area contributed by atoms with Crippen molar-refractivity contribution in [1.29, 1.82) is 0 Å². The summed E-state index contributed by atoms with van der Waals surface area (Å²) < 4.78 is 3.86. The summed E-state index contributed by atoms with van der Waals surface area (Å²) in [6, 6.07) is 0. The largest absolute Gasteiger partial charge is 0.471 e. The van der Waals surface area contributed by atoms with Crippen LogP contribution < -0.4 is 0 Å². The minimum atomic E-state index is 0. The summed E-state index contributed by atoms with van der Waals surface area (Å²) in [4.78, 5) is 8.95. The maximum Gasteiger partial charge on any atom is 0.292 e. The molecule has 0 amide bonds. The second-order valence-corrected chi connectivity index (χ2v) is 0.332. The zero-order valence-corrected chi connectivity index (χ0v) is 6.07. The fourth-order valence-corrected chi connectivity index (χ4v) is 0. The predicted octanol–water partition coefficient (Wildman–Crippen LogP) is -0.213. The molecule has 0 spiro atoms. The summed E-state index contributed by atoms with van der Waals surface area (Å²) in [5.74, 6) is 0. The van der Waals surface area contributed by atoms with Crippen LogP contribution in [0, 0.1) is 0 Å². The number of hydrogen-bond donors (Lipinski definition) is 0. The average Bonchev–Trinajstić information content (AvgIpc) is 1.37. The molecule has 0 aliphatic rings. The second-order valence-electron chi connectivity index (χ2n) is 0.332. The Morgan fingerprint density at radius 3 is 2.00 bits per heavy atom. The third-order valence-corrected chi connectivity index (χ3v) is 0.0962. The van der Waals surface area contributed by atoms with Crippen LogP contribution in [0.3, 0.4) is 0 Å².